The SMILES string of the molecule is Cn1c(=O)c(C(N)=O)c(O)c2sc(-c3ccc(C(=O)O)cc3)cc21. The van der Waals surface area contributed by atoms with E-state index in [0.717, 1.165) is 5.56 Å². The summed E-state index contributed by atoms with van der Waals surface area (Å²) in [5.41, 5.74) is 5.41. The zero-order valence-corrected chi connectivity index (χ0v) is 13.3. The standard InChI is InChI=1S/C16H12N2O5S/c1-18-9-6-10(7-2-4-8(5-3-7)16(22)23)24-13(9)12(19)11(14(17)20)15(18)21/h2-6,19H,1H3,(H2,17,20)(H,22,23). The van der Waals surface area contributed by atoms with Crippen LogP contribution in [0.15, 0.2) is 35.1 Å². The van der Waals surface area contributed by atoms with E-state index in [1.165, 1.54) is 35.1 Å². The lowest BCUT2D eigenvalue weighted by atomic mass is 10.1. The Labute approximate surface area is 139 Å². The molecule has 3 aromatic rings. The van der Waals surface area contributed by atoms with Crippen LogP contribution >= 0.6 is 11.3 Å². The van der Waals surface area contributed by atoms with E-state index in [-0.39, 0.29) is 5.56 Å². The molecule has 1 aromatic carbocycles. The zero-order valence-electron chi connectivity index (χ0n) is 12.4. The number of aryl methyl sites for hydroxylation is 1. The molecule has 0 radical (unpaired) electrons. The van der Waals surface area contributed by atoms with E-state index in [0.29, 0.717) is 15.1 Å². The molecule has 0 saturated heterocycles. The van der Waals surface area contributed by atoms with Gasteiger partial charge in [0.25, 0.3) is 11.5 Å². The number of nitrogens with two attached hydrogens (primary N) is 1. The molecule has 0 fully saturated rings. The molecule has 0 aliphatic rings. The Hall–Kier alpha value is -3.13. The molecule has 2 heterocycles. The molecule has 0 aliphatic heterocycles. The molecule has 1 amide bonds. The molecule has 0 unspecified atom stereocenters. The molecule has 0 atom stereocenters. The van der Waals surface area contributed by atoms with Crippen LogP contribution in [0, 0.1) is 0 Å². The lowest BCUT2D eigenvalue weighted by Crippen LogP contribution is -2.28. The molecule has 0 spiro atoms. The highest BCUT2D eigenvalue weighted by molar-refractivity contribution is 7.22. The van der Waals surface area contributed by atoms with E-state index in [1.807, 2.05) is 0 Å². The summed E-state index contributed by atoms with van der Waals surface area (Å²) >= 11 is 1.18. The Bertz CT molecular complexity index is 1050. The van der Waals surface area contributed by atoms with Crippen molar-refractivity contribution >= 4 is 33.4 Å². The van der Waals surface area contributed by atoms with Crippen molar-refractivity contribution in [2.75, 3.05) is 0 Å². The lowest BCUT2D eigenvalue weighted by Gasteiger charge is -2.05. The molecule has 24 heavy (non-hydrogen) atoms. The second-order valence-corrected chi connectivity index (χ2v) is 6.21. The number of benzene rings is 1. The van der Waals surface area contributed by atoms with Gasteiger partial charge in [0, 0.05) is 11.9 Å². The number of fused-ring (bicyclic) bond motifs is 1. The Morgan fingerprint density at radius 1 is 1.21 bits per heavy atom. The highest BCUT2D eigenvalue weighted by Crippen LogP contribution is 2.38. The number of primary amides is 1. The van der Waals surface area contributed by atoms with Gasteiger partial charge in [-0.05, 0) is 23.8 Å². The highest BCUT2D eigenvalue weighted by Gasteiger charge is 2.21. The molecule has 4 N–H and O–H groups in total. The number of thiophene rings is 1. The number of aromatic hydroxyl groups is 1. The maximum absolute atomic E-state index is 12.2. The molecule has 8 heteroatoms. The summed E-state index contributed by atoms with van der Waals surface area (Å²) in [5.74, 6) is -2.45. The van der Waals surface area contributed by atoms with Crippen LogP contribution in [0.25, 0.3) is 20.7 Å². The monoisotopic (exact) mass is 344 g/mol. The summed E-state index contributed by atoms with van der Waals surface area (Å²) in [5, 5.41) is 19.2. The van der Waals surface area contributed by atoms with Gasteiger partial charge in [0.05, 0.1) is 15.8 Å². The van der Waals surface area contributed by atoms with Gasteiger partial charge >= 0.3 is 5.97 Å². The first-order valence-electron chi connectivity index (χ1n) is 6.80. The number of aromatic nitrogens is 1. The second kappa shape index (κ2) is 5.50. The number of carboxylic acids is 1. The highest BCUT2D eigenvalue weighted by atomic mass is 32.1. The third-order valence-corrected chi connectivity index (χ3v) is 4.89. The van der Waals surface area contributed by atoms with Crippen molar-refractivity contribution in [1.82, 2.24) is 4.57 Å². The van der Waals surface area contributed by atoms with Gasteiger partial charge in [-0.15, -0.1) is 11.3 Å². The topological polar surface area (TPSA) is 123 Å². The second-order valence-electron chi connectivity index (χ2n) is 5.16. The minimum Gasteiger partial charge on any atom is -0.505 e. The van der Waals surface area contributed by atoms with Crippen LogP contribution in [0.2, 0.25) is 0 Å². The van der Waals surface area contributed by atoms with Crippen molar-refractivity contribution in [3.63, 3.8) is 0 Å². The average molecular weight is 344 g/mol. The number of amides is 1. The Kier molecular flexibility index (Phi) is 3.61. The molecule has 3 rings (SSSR count). The number of carboxylic acid groups (broad SMARTS) is 1. The van der Waals surface area contributed by atoms with Crippen LogP contribution in [0.4, 0.5) is 0 Å². The fourth-order valence-electron chi connectivity index (χ4n) is 2.43. The largest absolute Gasteiger partial charge is 0.505 e. The van der Waals surface area contributed by atoms with E-state index in [9.17, 15) is 19.5 Å². The molecule has 2 aromatic heterocycles. The van der Waals surface area contributed by atoms with Crippen LogP contribution in [-0.4, -0.2) is 26.7 Å². The summed E-state index contributed by atoms with van der Waals surface area (Å²) in [4.78, 5) is 35.2. The fourth-order valence-corrected chi connectivity index (χ4v) is 3.58. The van der Waals surface area contributed by atoms with Crippen molar-refractivity contribution in [2.45, 2.75) is 0 Å². The summed E-state index contributed by atoms with van der Waals surface area (Å²) in [6.07, 6.45) is 0. The fraction of sp³-hybridized carbons (Fsp3) is 0.0625. The van der Waals surface area contributed by atoms with E-state index in [2.05, 4.69) is 0 Å². The van der Waals surface area contributed by atoms with Crippen LogP contribution < -0.4 is 11.3 Å². The van der Waals surface area contributed by atoms with Crippen LogP contribution in [0.1, 0.15) is 20.7 Å². The summed E-state index contributed by atoms with van der Waals surface area (Å²) in [7, 11) is 1.49. The number of nitrogens with zero attached hydrogens (tertiary/aromatic N) is 1. The molecule has 0 bridgehead atoms. The average Bonchev–Trinajstić information content (AvgIpc) is 2.98. The molecular weight excluding hydrogens is 332 g/mol. The van der Waals surface area contributed by atoms with Crippen molar-refractivity contribution in [3.8, 4) is 16.2 Å². The maximum Gasteiger partial charge on any atom is 0.335 e. The first kappa shape index (κ1) is 15.8. The number of rotatable bonds is 3. The normalized spacial score (nSPS) is 10.9. The predicted molar refractivity (Wildman–Crippen MR) is 89.6 cm³/mol. The third-order valence-electron chi connectivity index (χ3n) is 3.71. The minimum atomic E-state index is -1.02. The van der Waals surface area contributed by atoms with Crippen LogP contribution in [0.5, 0.6) is 5.75 Å². The molecule has 0 aliphatic carbocycles. The Morgan fingerprint density at radius 2 is 1.83 bits per heavy atom. The first-order chi connectivity index (χ1) is 11.3. The van der Waals surface area contributed by atoms with E-state index < -0.39 is 28.7 Å². The van der Waals surface area contributed by atoms with Crippen molar-refractivity contribution in [2.24, 2.45) is 12.8 Å². The van der Waals surface area contributed by atoms with Crippen molar-refractivity contribution in [1.29, 1.82) is 0 Å². The van der Waals surface area contributed by atoms with E-state index in [4.69, 9.17) is 10.8 Å². The Morgan fingerprint density at radius 3 is 2.38 bits per heavy atom. The number of aromatic carboxylic acids is 1. The van der Waals surface area contributed by atoms with Gasteiger partial charge < -0.3 is 20.5 Å². The molecule has 0 saturated carbocycles. The summed E-state index contributed by atoms with van der Waals surface area (Å²) in [6, 6.07) is 7.91. The van der Waals surface area contributed by atoms with Gasteiger partial charge in [0.2, 0.25) is 0 Å². The number of pyridine rings is 1. The maximum atomic E-state index is 12.2. The number of carbonyl (C=O) groups excluding carboxylic acids is 1. The van der Waals surface area contributed by atoms with Crippen LogP contribution in [-0.2, 0) is 7.05 Å². The van der Waals surface area contributed by atoms with Gasteiger partial charge in [0.1, 0.15) is 5.56 Å². The molecule has 7 nitrogen and oxygen atoms in total. The van der Waals surface area contributed by atoms with Gasteiger partial charge in [-0.1, -0.05) is 12.1 Å². The molecular formula is C16H12N2O5S. The smallest absolute Gasteiger partial charge is 0.335 e. The summed E-state index contributed by atoms with van der Waals surface area (Å²) < 4.78 is 1.61. The third kappa shape index (κ3) is 2.33. The van der Waals surface area contributed by atoms with Crippen molar-refractivity contribution < 1.29 is 19.8 Å². The minimum absolute atomic E-state index is 0.158. The first-order valence-corrected chi connectivity index (χ1v) is 7.62. The van der Waals surface area contributed by atoms with Gasteiger partial charge in [-0.2, -0.15) is 0 Å². The van der Waals surface area contributed by atoms with E-state index >= 15 is 0 Å². The van der Waals surface area contributed by atoms with Crippen LogP contribution in [0.3, 0.4) is 0 Å². The Balaban J connectivity index is 2.24. The quantitative estimate of drug-likeness (QED) is 0.668. The number of hydrogen-bond acceptors (Lipinski definition) is 5. The summed E-state index contributed by atoms with van der Waals surface area (Å²) in [6.45, 7) is 0. The van der Waals surface area contributed by atoms with Gasteiger partial charge in [-0.25, -0.2) is 4.79 Å². The van der Waals surface area contributed by atoms with Gasteiger partial charge in [-0.3, -0.25) is 9.59 Å². The van der Waals surface area contributed by atoms with E-state index in [1.54, 1.807) is 18.2 Å². The number of carbonyl (C=O) groups is 2. The predicted octanol–water partition coefficient (Wildman–Crippen LogP) is 1.77. The van der Waals surface area contributed by atoms with Gasteiger partial charge in [0.15, 0.2) is 5.75 Å². The lowest BCUT2D eigenvalue weighted by molar-refractivity contribution is 0.0696. The van der Waals surface area contributed by atoms with Crippen molar-refractivity contribution in [3.05, 3.63) is 51.8 Å². The zero-order chi connectivity index (χ0) is 17.6. The molecule has 122 valence electrons. The number of hydrogen-bond donors (Lipinski definition) is 3.